The van der Waals surface area contributed by atoms with E-state index in [0.29, 0.717) is 65.6 Å². The molecule has 3 N–H and O–H groups in total. The van der Waals surface area contributed by atoms with Crippen LogP contribution >= 0.6 is 22.9 Å². The molecule has 0 spiro atoms. The summed E-state index contributed by atoms with van der Waals surface area (Å²) in [5.41, 5.74) is 1.63. The third kappa shape index (κ3) is 5.83. The number of ketones is 1. The number of carbonyl (C=O) groups excluding carboxylic acids is 1. The molecule has 5 rings (SSSR count). The molecule has 0 bridgehead atoms. The van der Waals surface area contributed by atoms with E-state index >= 15 is 4.39 Å². The number of aromatic nitrogens is 1. The Morgan fingerprint density at radius 3 is 2.66 bits per heavy atom. The van der Waals surface area contributed by atoms with Gasteiger partial charge in [-0.1, -0.05) is 29.0 Å². The van der Waals surface area contributed by atoms with Gasteiger partial charge in [0.05, 0.1) is 39.0 Å². The van der Waals surface area contributed by atoms with Gasteiger partial charge in [-0.25, -0.2) is 13.8 Å². The van der Waals surface area contributed by atoms with Crippen molar-refractivity contribution >= 4 is 55.7 Å². The lowest BCUT2D eigenvalue weighted by Gasteiger charge is -2.36. The number of halogens is 3. The summed E-state index contributed by atoms with van der Waals surface area (Å²) in [6, 6.07) is 8.63. The van der Waals surface area contributed by atoms with Gasteiger partial charge in [0.1, 0.15) is 5.82 Å². The number of carboxylic acid groups (broad SMARTS) is 1. The van der Waals surface area contributed by atoms with E-state index < -0.39 is 35.7 Å². The van der Waals surface area contributed by atoms with Gasteiger partial charge in [-0.2, -0.15) is 0 Å². The zero-order chi connectivity index (χ0) is 26.9. The molecule has 3 aromatic rings. The number of anilines is 2. The fraction of sp³-hybridized carbons (Fsp3) is 0.444. The summed E-state index contributed by atoms with van der Waals surface area (Å²) < 4.78 is 36.5. The van der Waals surface area contributed by atoms with Crippen LogP contribution < -0.4 is 10.6 Å². The quantitative estimate of drug-likeness (QED) is 0.292. The zero-order valence-corrected chi connectivity index (χ0v) is 22.1. The number of fused-ring (bicyclic) bond motifs is 1. The number of alkyl halides is 1. The van der Waals surface area contributed by atoms with E-state index in [4.69, 9.17) is 16.3 Å². The Labute approximate surface area is 227 Å². The number of ether oxygens (including phenoxy) is 1. The first kappa shape index (κ1) is 26.9. The van der Waals surface area contributed by atoms with E-state index in [0.717, 1.165) is 11.1 Å². The molecule has 2 fully saturated rings. The van der Waals surface area contributed by atoms with Crippen LogP contribution in [0.2, 0.25) is 5.02 Å². The van der Waals surface area contributed by atoms with Crippen LogP contribution in [0.25, 0.3) is 10.2 Å². The van der Waals surface area contributed by atoms with E-state index in [1.165, 1.54) is 23.5 Å². The molecule has 38 heavy (non-hydrogen) atoms. The molecule has 1 saturated carbocycles. The molecule has 2 unspecified atom stereocenters. The maximum Gasteiger partial charge on any atom is 0.306 e. The number of nitrogens with zero attached hydrogens (tertiary/aromatic N) is 1. The average molecular weight is 564 g/mol. The van der Waals surface area contributed by atoms with E-state index in [1.807, 2.05) is 0 Å². The number of nitrogens with one attached hydrogen (secondary N) is 2. The van der Waals surface area contributed by atoms with Crippen molar-refractivity contribution in [1.29, 1.82) is 0 Å². The Hall–Kier alpha value is -2.66. The Balaban J connectivity index is 1.28. The first-order chi connectivity index (χ1) is 18.2. The lowest BCUT2D eigenvalue weighted by molar-refractivity contribution is -0.205. The number of hydrogen-bond donors (Lipinski definition) is 3. The Kier molecular flexibility index (Phi) is 7.95. The van der Waals surface area contributed by atoms with Gasteiger partial charge in [-0.3, -0.25) is 9.59 Å². The highest BCUT2D eigenvalue weighted by Gasteiger charge is 2.50. The van der Waals surface area contributed by atoms with Gasteiger partial charge in [-0.15, -0.1) is 0 Å². The van der Waals surface area contributed by atoms with Crippen molar-refractivity contribution < 1.29 is 28.2 Å². The average Bonchev–Trinajstić information content (AvgIpc) is 3.56. The molecular weight excluding hydrogens is 536 g/mol. The number of carboxylic acids is 1. The minimum Gasteiger partial charge on any atom is -0.481 e. The van der Waals surface area contributed by atoms with Gasteiger partial charge < -0.3 is 20.5 Å². The van der Waals surface area contributed by atoms with Gasteiger partial charge >= 0.3 is 5.97 Å². The minimum absolute atomic E-state index is 0.209. The smallest absolute Gasteiger partial charge is 0.306 e. The summed E-state index contributed by atoms with van der Waals surface area (Å²) >= 11 is 7.83. The number of benzene rings is 2. The number of Topliss-reactive ketones (excluding diaryl/α,β-unsaturated/α-hetero) is 1. The first-order valence-corrected chi connectivity index (χ1v) is 13.9. The highest BCUT2D eigenvalue weighted by Crippen LogP contribution is 2.36. The molecule has 1 saturated heterocycles. The molecule has 202 valence electrons. The van der Waals surface area contributed by atoms with Crippen LogP contribution in [0.5, 0.6) is 0 Å². The van der Waals surface area contributed by atoms with Crippen molar-refractivity contribution in [3.05, 3.63) is 52.8 Å². The van der Waals surface area contributed by atoms with Crippen LogP contribution in [-0.4, -0.2) is 46.4 Å². The number of aliphatic carboxylic acids is 1. The monoisotopic (exact) mass is 563 g/mol. The third-order valence-electron chi connectivity index (χ3n) is 7.24. The van der Waals surface area contributed by atoms with E-state index in [9.17, 15) is 19.1 Å². The number of thiazole rings is 1. The molecule has 0 radical (unpaired) electrons. The fourth-order valence-corrected chi connectivity index (χ4v) is 6.27. The minimum atomic E-state index is -2.52. The van der Waals surface area contributed by atoms with Gasteiger partial charge in [0.15, 0.2) is 5.13 Å². The highest BCUT2D eigenvalue weighted by molar-refractivity contribution is 7.22. The standard InChI is InChI=1S/C27H28ClF2N3O4S/c28-19-12-15(3-9-20(19)32-26-33-21-14-17(29)6-10-22(21)38-26)13-24(34)27(30,23-2-1-11-31-23)37-18-7-4-16(5-8-18)25(35)36/h3,6,9-10,12,14,16,18,23,31H,1-2,4-5,7-8,11,13H2,(H,32,33)(H,35,36)/t16-,18-,23?,27?. The van der Waals surface area contributed by atoms with Gasteiger partial charge in [0.2, 0.25) is 5.78 Å². The lowest BCUT2D eigenvalue weighted by Crippen LogP contribution is -2.54. The fourth-order valence-electron chi connectivity index (χ4n) is 5.16. The SMILES string of the molecule is O=C(Cc1ccc(Nc2nc3cc(F)ccc3s2)c(Cl)c1)C(F)(O[C@H]1CC[C@H](C(=O)O)CC1)C1CCCN1. The second-order valence-electron chi connectivity index (χ2n) is 9.89. The Morgan fingerprint density at radius 2 is 1.97 bits per heavy atom. The predicted molar refractivity (Wildman–Crippen MR) is 142 cm³/mol. The van der Waals surface area contributed by atoms with Crippen LogP contribution in [-0.2, 0) is 20.7 Å². The second kappa shape index (κ2) is 11.2. The van der Waals surface area contributed by atoms with Crippen molar-refractivity contribution in [3.8, 4) is 0 Å². The molecule has 11 heteroatoms. The van der Waals surface area contributed by atoms with Crippen LogP contribution in [0.1, 0.15) is 44.1 Å². The normalized spacial score (nSPS) is 23.3. The number of hydrogen-bond acceptors (Lipinski definition) is 7. The van der Waals surface area contributed by atoms with Crippen molar-refractivity contribution in [2.75, 3.05) is 11.9 Å². The lowest BCUT2D eigenvalue weighted by atomic mass is 9.87. The molecule has 2 heterocycles. The molecule has 2 aliphatic rings. The van der Waals surface area contributed by atoms with Gasteiger partial charge in [0, 0.05) is 12.5 Å². The molecular formula is C27H28ClF2N3O4S. The van der Waals surface area contributed by atoms with Crippen LogP contribution in [0, 0.1) is 11.7 Å². The van der Waals surface area contributed by atoms with E-state index in [-0.39, 0.29) is 12.2 Å². The predicted octanol–water partition coefficient (Wildman–Crippen LogP) is 6.02. The zero-order valence-electron chi connectivity index (χ0n) is 20.5. The highest BCUT2D eigenvalue weighted by atomic mass is 35.5. The summed E-state index contributed by atoms with van der Waals surface area (Å²) in [6.45, 7) is 0.601. The Bertz CT molecular complexity index is 1340. The van der Waals surface area contributed by atoms with E-state index in [1.54, 1.807) is 24.3 Å². The summed E-state index contributed by atoms with van der Waals surface area (Å²) in [6.07, 6.45) is 2.08. The largest absolute Gasteiger partial charge is 0.481 e. The van der Waals surface area contributed by atoms with Crippen LogP contribution in [0.3, 0.4) is 0 Å². The Morgan fingerprint density at radius 1 is 1.18 bits per heavy atom. The molecule has 2 aromatic carbocycles. The molecule has 1 aliphatic heterocycles. The van der Waals surface area contributed by atoms with Crippen LogP contribution in [0.15, 0.2) is 36.4 Å². The number of carbonyl (C=O) groups is 2. The first-order valence-electron chi connectivity index (χ1n) is 12.7. The third-order valence-corrected chi connectivity index (χ3v) is 8.50. The number of rotatable bonds is 9. The second-order valence-corrected chi connectivity index (χ2v) is 11.3. The molecule has 7 nitrogen and oxygen atoms in total. The van der Waals surface area contributed by atoms with Crippen LogP contribution in [0.4, 0.5) is 19.6 Å². The summed E-state index contributed by atoms with van der Waals surface area (Å²) in [5, 5.41) is 16.3. The topological polar surface area (TPSA) is 101 Å². The maximum absolute atomic E-state index is 16.4. The van der Waals surface area contributed by atoms with Gasteiger partial charge in [-0.05, 0) is 74.9 Å². The molecule has 1 aliphatic carbocycles. The van der Waals surface area contributed by atoms with Gasteiger partial charge in [0.25, 0.3) is 5.85 Å². The van der Waals surface area contributed by atoms with Crippen molar-refractivity contribution in [3.63, 3.8) is 0 Å². The molecule has 2 atom stereocenters. The van der Waals surface area contributed by atoms with Crippen molar-refractivity contribution in [2.45, 2.75) is 62.9 Å². The maximum atomic E-state index is 16.4. The van der Waals surface area contributed by atoms with Crippen molar-refractivity contribution in [2.24, 2.45) is 5.92 Å². The van der Waals surface area contributed by atoms with E-state index in [2.05, 4.69) is 15.6 Å². The molecule has 0 amide bonds. The summed E-state index contributed by atoms with van der Waals surface area (Å²) in [4.78, 5) is 29.0. The van der Waals surface area contributed by atoms with Crippen molar-refractivity contribution in [1.82, 2.24) is 10.3 Å². The summed E-state index contributed by atoms with van der Waals surface area (Å²) in [7, 11) is 0. The molecule has 1 aromatic heterocycles. The summed E-state index contributed by atoms with van der Waals surface area (Å²) in [5.74, 6) is -4.88.